The summed E-state index contributed by atoms with van der Waals surface area (Å²) in [6, 6.07) is 0. The van der Waals surface area contributed by atoms with Crippen LogP contribution < -0.4 is 0 Å². The van der Waals surface area contributed by atoms with Crippen molar-refractivity contribution in [1.82, 2.24) is 0 Å². The molecular weight excluding hydrogens is 255 g/mol. The van der Waals surface area contributed by atoms with E-state index in [-0.39, 0.29) is 0 Å². The van der Waals surface area contributed by atoms with Gasteiger partial charge in [0, 0.05) is 31.0 Å². The Morgan fingerprint density at radius 1 is 1.62 bits per heavy atom. The van der Waals surface area contributed by atoms with Crippen molar-refractivity contribution in [2.45, 2.75) is 13.3 Å². The lowest BCUT2D eigenvalue weighted by Crippen LogP contribution is -1.94. The van der Waals surface area contributed by atoms with E-state index in [1.165, 1.54) is 0 Å². The molecule has 0 spiro atoms. The Bertz CT molecular complexity index is 171. The summed E-state index contributed by atoms with van der Waals surface area (Å²) < 4.78 is 20.4. The maximum absolute atomic E-state index is 10.8. The zero-order chi connectivity index (χ0) is 10.2. The molecule has 0 aromatic heterocycles. The van der Waals surface area contributed by atoms with E-state index < -0.39 is 6.80 Å². The second-order valence-electron chi connectivity index (χ2n) is 1.98. The molecule has 0 heterocycles. The predicted molar refractivity (Wildman–Crippen MR) is 57.9 cm³/mol. The molecule has 80 valence electrons. The van der Waals surface area contributed by atoms with E-state index >= 15 is 0 Å². The molecule has 0 aromatic carbocycles. The van der Waals surface area contributed by atoms with Gasteiger partial charge in [0.05, 0.1) is 10.6 Å². The Kier molecular flexibility index (Phi) is 9.12. The highest BCUT2D eigenvalue weighted by Crippen LogP contribution is 2.60. The standard InChI is InChI=1S/C5H12ClO4PS2/c1-2-9-4-3-5-12-10-11(7,8)13-6/h2-5H2,1H3,(H,7,8). The average molecular weight is 267 g/mol. The van der Waals surface area contributed by atoms with Gasteiger partial charge in [-0.3, -0.25) is 0 Å². The number of hydrogen-bond acceptors (Lipinski definition) is 5. The van der Waals surface area contributed by atoms with E-state index in [9.17, 15) is 4.57 Å². The van der Waals surface area contributed by atoms with E-state index in [2.05, 4.69) is 3.97 Å². The molecule has 0 aliphatic heterocycles. The normalized spacial score (nSPS) is 15.6. The van der Waals surface area contributed by atoms with Gasteiger partial charge in [-0.05, 0) is 24.0 Å². The fourth-order valence-corrected chi connectivity index (χ4v) is 2.85. The smallest absolute Gasteiger partial charge is 0.382 e. The molecule has 0 aliphatic rings. The van der Waals surface area contributed by atoms with Crippen LogP contribution in [0, 0.1) is 0 Å². The molecule has 0 rings (SSSR count). The molecule has 1 atom stereocenters. The monoisotopic (exact) mass is 266 g/mol. The zero-order valence-corrected chi connectivity index (χ0v) is 10.4. The summed E-state index contributed by atoms with van der Waals surface area (Å²) in [5.74, 6) is 0.613. The second kappa shape index (κ2) is 8.41. The number of rotatable bonds is 8. The molecule has 0 radical (unpaired) electrons. The zero-order valence-electron chi connectivity index (χ0n) is 7.14. The number of halogens is 1. The van der Waals surface area contributed by atoms with Crippen LogP contribution in [-0.2, 0) is 13.3 Å². The largest absolute Gasteiger partial charge is 0.412 e. The summed E-state index contributed by atoms with van der Waals surface area (Å²) in [7, 11) is 5.40. The summed E-state index contributed by atoms with van der Waals surface area (Å²) in [6.07, 6.45) is 0.783. The van der Waals surface area contributed by atoms with Gasteiger partial charge in [-0.1, -0.05) is 0 Å². The van der Waals surface area contributed by atoms with Gasteiger partial charge < -0.3 is 9.63 Å². The average Bonchev–Trinajstić information content (AvgIpc) is 2.11. The quantitative estimate of drug-likeness (QED) is 0.414. The molecule has 13 heavy (non-hydrogen) atoms. The third-order valence-corrected chi connectivity index (χ3v) is 5.40. The van der Waals surface area contributed by atoms with Crippen LogP contribution in [0.1, 0.15) is 13.3 Å². The molecule has 8 heteroatoms. The third kappa shape index (κ3) is 9.41. The maximum Gasteiger partial charge on any atom is 0.412 e. The van der Waals surface area contributed by atoms with E-state index in [1.54, 1.807) is 0 Å². The molecule has 0 fully saturated rings. The first-order chi connectivity index (χ1) is 6.12. The van der Waals surface area contributed by atoms with Crippen molar-refractivity contribution in [3.8, 4) is 0 Å². The van der Waals surface area contributed by atoms with Gasteiger partial charge in [0.15, 0.2) is 0 Å². The van der Waals surface area contributed by atoms with Crippen LogP contribution in [0.5, 0.6) is 0 Å². The molecular formula is C5H12ClO4PS2. The van der Waals surface area contributed by atoms with Crippen molar-refractivity contribution in [3.63, 3.8) is 0 Å². The lowest BCUT2D eigenvalue weighted by Gasteiger charge is -2.05. The highest BCUT2D eigenvalue weighted by atomic mass is 35.7. The van der Waals surface area contributed by atoms with Gasteiger partial charge in [-0.15, -0.1) is 0 Å². The van der Waals surface area contributed by atoms with Gasteiger partial charge in [-0.25, -0.2) is 8.54 Å². The van der Waals surface area contributed by atoms with Crippen molar-refractivity contribution in [3.05, 3.63) is 0 Å². The van der Waals surface area contributed by atoms with Gasteiger partial charge in [0.25, 0.3) is 0 Å². The molecule has 4 nitrogen and oxygen atoms in total. The molecule has 0 saturated heterocycles. The topological polar surface area (TPSA) is 55.8 Å². The highest BCUT2D eigenvalue weighted by Gasteiger charge is 2.19. The van der Waals surface area contributed by atoms with Gasteiger partial charge in [-0.2, -0.15) is 0 Å². The summed E-state index contributed by atoms with van der Waals surface area (Å²) in [4.78, 5) is 8.84. The Morgan fingerprint density at radius 3 is 2.85 bits per heavy atom. The first-order valence-electron chi connectivity index (χ1n) is 3.64. The van der Waals surface area contributed by atoms with Gasteiger partial charge in [0.1, 0.15) is 0 Å². The predicted octanol–water partition coefficient (Wildman–Crippen LogP) is 3.07. The van der Waals surface area contributed by atoms with E-state index in [0.29, 0.717) is 29.6 Å². The summed E-state index contributed by atoms with van der Waals surface area (Å²) >= 11 is 0.937. The van der Waals surface area contributed by atoms with Crippen LogP contribution in [0.3, 0.4) is 0 Å². The van der Waals surface area contributed by atoms with Crippen LogP contribution in [0.2, 0.25) is 0 Å². The minimum absolute atomic E-state index is 0.304. The van der Waals surface area contributed by atoms with E-state index in [4.69, 9.17) is 20.3 Å². The first kappa shape index (κ1) is 14.1. The highest BCUT2D eigenvalue weighted by molar-refractivity contribution is 8.66. The van der Waals surface area contributed by atoms with E-state index in [0.717, 1.165) is 18.5 Å². The molecule has 1 unspecified atom stereocenters. The van der Waals surface area contributed by atoms with Crippen LogP contribution in [0.25, 0.3) is 0 Å². The molecule has 0 aromatic rings. The fourth-order valence-electron chi connectivity index (χ4n) is 0.480. The van der Waals surface area contributed by atoms with Gasteiger partial charge >= 0.3 is 6.80 Å². The summed E-state index contributed by atoms with van der Waals surface area (Å²) in [6.45, 7) is -0.395. The Balaban J connectivity index is 3.21. The van der Waals surface area contributed by atoms with Crippen molar-refractivity contribution >= 4 is 40.1 Å². The van der Waals surface area contributed by atoms with Crippen LogP contribution in [0.15, 0.2) is 0 Å². The molecule has 0 bridgehead atoms. The number of ether oxygens (including phenoxy) is 1. The Hall–Kier alpha value is 1.10. The molecule has 0 saturated carbocycles. The van der Waals surface area contributed by atoms with Crippen molar-refractivity contribution < 1.29 is 18.2 Å². The fraction of sp³-hybridized carbons (Fsp3) is 1.00. The van der Waals surface area contributed by atoms with E-state index in [1.807, 2.05) is 6.92 Å². The molecule has 0 aliphatic carbocycles. The minimum atomic E-state index is -3.62. The SMILES string of the molecule is CCOCCCSOP(=O)(O)SCl. The Morgan fingerprint density at radius 2 is 2.31 bits per heavy atom. The lowest BCUT2D eigenvalue weighted by atomic mass is 10.5. The minimum Gasteiger partial charge on any atom is -0.382 e. The molecule has 0 amide bonds. The van der Waals surface area contributed by atoms with Crippen molar-refractivity contribution in [2.75, 3.05) is 19.0 Å². The van der Waals surface area contributed by atoms with Crippen molar-refractivity contribution in [1.29, 1.82) is 0 Å². The van der Waals surface area contributed by atoms with Crippen molar-refractivity contribution in [2.24, 2.45) is 0 Å². The Labute approximate surface area is 90.7 Å². The summed E-state index contributed by atoms with van der Waals surface area (Å²) in [5.41, 5.74) is 0. The van der Waals surface area contributed by atoms with Crippen LogP contribution in [0.4, 0.5) is 0 Å². The number of hydrogen-bond donors (Lipinski definition) is 1. The van der Waals surface area contributed by atoms with Crippen LogP contribution >= 0.6 is 40.1 Å². The van der Waals surface area contributed by atoms with Gasteiger partial charge in [0.2, 0.25) is 0 Å². The maximum atomic E-state index is 10.8. The third-order valence-electron chi connectivity index (χ3n) is 0.955. The lowest BCUT2D eigenvalue weighted by molar-refractivity contribution is 0.149. The van der Waals surface area contributed by atoms with Crippen LogP contribution in [-0.4, -0.2) is 23.9 Å². The first-order valence-corrected chi connectivity index (χ1v) is 8.38. The molecule has 1 N–H and O–H groups in total. The summed E-state index contributed by atoms with van der Waals surface area (Å²) in [5, 5.41) is 0. The second-order valence-corrected chi connectivity index (χ2v) is 7.34.